The first kappa shape index (κ1) is 10.9. The standard InChI is InChI=1S/C15H15F/c1-3-14-11(2)5-4-6-15(14)12-7-9-13(16)10-8-12/h4-10H,3H2,1-2H3. The van der Waals surface area contributed by atoms with Gasteiger partial charge < -0.3 is 0 Å². The Bertz CT molecular complexity index is 483. The summed E-state index contributed by atoms with van der Waals surface area (Å²) in [6.45, 7) is 4.27. The van der Waals surface area contributed by atoms with Crippen molar-refractivity contribution in [1.82, 2.24) is 0 Å². The van der Waals surface area contributed by atoms with Crippen molar-refractivity contribution in [2.45, 2.75) is 20.3 Å². The third kappa shape index (κ3) is 1.99. The fourth-order valence-electron chi connectivity index (χ4n) is 2.07. The summed E-state index contributed by atoms with van der Waals surface area (Å²) in [5, 5.41) is 0. The fourth-order valence-corrected chi connectivity index (χ4v) is 2.07. The molecule has 0 fully saturated rings. The van der Waals surface area contributed by atoms with Gasteiger partial charge in [-0.2, -0.15) is 0 Å². The monoisotopic (exact) mass is 214 g/mol. The minimum atomic E-state index is -0.186. The zero-order valence-corrected chi connectivity index (χ0v) is 9.63. The van der Waals surface area contributed by atoms with Crippen LogP contribution in [0.3, 0.4) is 0 Å². The molecule has 0 amide bonds. The molecule has 0 aliphatic rings. The highest BCUT2D eigenvalue weighted by Crippen LogP contribution is 2.26. The van der Waals surface area contributed by atoms with E-state index in [1.54, 1.807) is 0 Å². The van der Waals surface area contributed by atoms with E-state index >= 15 is 0 Å². The van der Waals surface area contributed by atoms with Crippen LogP contribution in [0.25, 0.3) is 11.1 Å². The van der Waals surface area contributed by atoms with E-state index in [4.69, 9.17) is 0 Å². The third-order valence-electron chi connectivity index (χ3n) is 2.92. The van der Waals surface area contributed by atoms with Gasteiger partial charge in [-0.05, 0) is 47.7 Å². The predicted molar refractivity (Wildman–Crippen MR) is 66.0 cm³/mol. The van der Waals surface area contributed by atoms with Gasteiger partial charge in [-0.1, -0.05) is 37.3 Å². The molecule has 16 heavy (non-hydrogen) atoms. The van der Waals surface area contributed by atoms with Crippen LogP contribution in [0.1, 0.15) is 18.1 Å². The average molecular weight is 214 g/mol. The number of hydrogen-bond acceptors (Lipinski definition) is 0. The van der Waals surface area contributed by atoms with Gasteiger partial charge in [0.15, 0.2) is 0 Å². The molecule has 0 nitrogen and oxygen atoms in total. The summed E-state index contributed by atoms with van der Waals surface area (Å²) in [7, 11) is 0. The maximum Gasteiger partial charge on any atom is 0.123 e. The molecule has 2 rings (SSSR count). The van der Waals surface area contributed by atoms with Crippen molar-refractivity contribution in [3.05, 3.63) is 59.4 Å². The Hall–Kier alpha value is -1.63. The van der Waals surface area contributed by atoms with Gasteiger partial charge >= 0.3 is 0 Å². The van der Waals surface area contributed by atoms with E-state index in [-0.39, 0.29) is 5.82 Å². The van der Waals surface area contributed by atoms with Crippen LogP contribution in [0.15, 0.2) is 42.5 Å². The lowest BCUT2D eigenvalue weighted by Crippen LogP contribution is -1.91. The Morgan fingerprint density at radius 1 is 1.00 bits per heavy atom. The fraction of sp³-hybridized carbons (Fsp3) is 0.200. The van der Waals surface area contributed by atoms with E-state index in [2.05, 4.69) is 26.0 Å². The molecule has 0 heterocycles. The molecule has 1 heteroatoms. The Labute approximate surface area is 95.7 Å². The van der Waals surface area contributed by atoms with Crippen LogP contribution < -0.4 is 0 Å². The summed E-state index contributed by atoms with van der Waals surface area (Å²) in [5.41, 5.74) is 4.93. The molecule has 0 radical (unpaired) electrons. The highest BCUT2D eigenvalue weighted by molar-refractivity contribution is 5.68. The summed E-state index contributed by atoms with van der Waals surface area (Å²) in [6, 6.07) is 13.0. The molecule has 2 aromatic rings. The molecule has 0 atom stereocenters. The molecular weight excluding hydrogens is 199 g/mol. The Balaban J connectivity index is 2.55. The van der Waals surface area contributed by atoms with Crippen LogP contribution in [0.2, 0.25) is 0 Å². The molecule has 0 bridgehead atoms. The van der Waals surface area contributed by atoms with Crippen LogP contribution in [0, 0.1) is 12.7 Å². The molecule has 82 valence electrons. The maximum absolute atomic E-state index is 12.9. The average Bonchev–Trinajstić information content (AvgIpc) is 2.30. The Morgan fingerprint density at radius 2 is 1.69 bits per heavy atom. The molecule has 0 aliphatic carbocycles. The zero-order chi connectivity index (χ0) is 11.5. The van der Waals surface area contributed by atoms with Crippen LogP contribution in [0.5, 0.6) is 0 Å². The molecule has 0 N–H and O–H groups in total. The van der Waals surface area contributed by atoms with E-state index in [0.29, 0.717) is 0 Å². The summed E-state index contributed by atoms with van der Waals surface area (Å²) in [4.78, 5) is 0. The third-order valence-corrected chi connectivity index (χ3v) is 2.92. The van der Waals surface area contributed by atoms with Crippen molar-refractivity contribution < 1.29 is 4.39 Å². The first-order valence-electron chi connectivity index (χ1n) is 5.57. The summed E-state index contributed by atoms with van der Waals surface area (Å²) < 4.78 is 12.9. The minimum absolute atomic E-state index is 0.186. The van der Waals surface area contributed by atoms with Crippen LogP contribution in [0.4, 0.5) is 4.39 Å². The topological polar surface area (TPSA) is 0 Å². The van der Waals surface area contributed by atoms with Gasteiger partial charge in [-0.15, -0.1) is 0 Å². The number of halogens is 1. The lowest BCUT2D eigenvalue weighted by Gasteiger charge is -2.10. The lowest BCUT2D eigenvalue weighted by atomic mass is 9.94. The Kier molecular flexibility index (Phi) is 3.04. The molecule has 2 aromatic carbocycles. The van der Waals surface area contributed by atoms with Crippen LogP contribution in [-0.2, 0) is 6.42 Å². The van der Waals surface area contributed by atoms with Crippen molar-refractivity contribution in [2.75, 3.05) is 0 Å². The van der Waals surface area contributed by atoms with Gasteiger partial charge in [0.25, 0.3) is 0 Å². The summed E-state index contributed by atoms with van der Waals surface area (Å²) >= 11 is 0. The van der Waals surface area contributed by atoms with Gasteiger partial charge in [0, 0.05) is 0 Å². The van der Waals surface area contributed by atoms with E-state index in [0.717, 1.165) is 12.0 Å². The molecule has 0 saturated heterocycles. The predicted octanol–water partition coefficient (Wildman–Crippen LogP) is 4.36. The van der Waals surface area contributed by atoms with Gasteiger partial charge in [-0.25, -0.2) is 4.39 Å². The smallest absolute Gasteiger partial charge is 0.123 e. The number of hydrogen-bond donors (Lipinski definition) is 0. The zero-order valence-electron chi connectivity index (χ0n) is 9.63. The molecular formula is C15H15F. The van der Waals surface area contributed by atoms with Crippen molar-refractivity contribution in [2.24, 2.45) is 0 Å². The second kappa shape index (κ2) is 4.48. The van der Waals surface area contributed by atoms with Gasteiger partial charge in [0.05, 0.1) is 0 Å². The number of rotatable bonds is 2. The van der Waals surface area contributed by atoms with E-state index < -0.39 is 0 Å². The second-order valence-electron chi connectivity index (χ2n) is 3.96. The van der Waals surface area contributed by atoms with Crippen LogP contribution in [-0.4, -0.2) is 0 Å². The quantitative estimate of drug-likeness (QED) is 0.696. The highest BCUT2D eigenvalue weighted by Gasteiger charge is 2.05. The SMILES string of the molecule is CCc1c(C)cccc1-c1ccc(F)cc1. The van der Waals surface area contributed by atoms with E-state index in [9.17, 15) is 4.39 Å². The van der Waals surface area contributed by atoms with Crippen molar-refractivity contribution >= 4 is 0 Å². The lowest BCUT2D eigenvalue weighted by molar-refractivity contribution is 0.628. The molecule has 0 spiro atoms. The van der Waals surface area contributed by atoms with Gasteiger partial charge in [0.2, 0.25) is 0 Å². The van der Waals surface area contributed by atoms with Crippen molar-refractivity contribution in [1.29, 1.82) is 0 Å². The normalized spacial score (nSPS) is 10.4. The first-order valence-corrected chi connectivity index (χ1v) is 5.57. The highest BCUT2D eigenvalue weighted by atomic mass is 19.1. The van der Waals surface area contributed by atoms with Gasteiger partial charge in [0.1, 0.15) is 5.82 Å². The molecule has 0 aliphatic heterocycles. The summed E-state index contributed by atoms with van der Waals surface area (Å²) in [6.07, 6.45) is 0.999. The van der Waals surface area contributed by atoms with E-state index in [1.165, 1.54) is 28.8 Å². The number of aryl methyl sites for hydroxylation is 1. The minimum Gasteiger partial charge on any atom is -0.207 e. The van der Waals surface area contributed by atoms with E-state index in [1.807, 2.05) is 18.2 Å². The van der Waals surface area contributed by atoms with Gasteiger partial charge in [-0.3, -0.25) is 0 Å². The first-order chi connectivity index (χ1) is 7.72. The molecule has 0 saturated carbocycles. The van der Waals surface area contributed by atoms with Crippen LogP contribution >= 0.6 is 0 Å². The van der Waals surface area contributed by atoms with Crippen molar-refractivity contribution in [3.63, 3.8) is 0 Å². The molecule has 0 aromatic heterocycles. The molecule has 0 unspecified atom stereocenters. The summed E-state index contributed by atoms with van der Waals surface area (Å²) in [5.74, 6) is -0.186. The maximum atomic E-state index is 12.9. The van der Waals surface area contributed by atoms with Crippen molar-refractivity contribution in [3.8, 4) is 11.1 Å². The second-order valence-corrected chi connectivity index (χ2v) is 3.96. The largest absolute Gasteiger partial charge is 0.207 e. The number of benzene rings is 2. The Morgan fingerprint density at radius 3 is 2.31 bits per heavy atom.